The Morgan fingerprint density at radius 1 is 0.977 bits per heavy atom. The molecule has 4 rings (SSSR count). The minimum atomic E-state index is -1.08. The predicted molar refractivity (Wildman–Crippen MR) is 168 cm³/mol. The number of hydrogen-bond acceptors (Lipinski definition) is 5. The quantitative estimate of drug-likeness (QED) is 0.268. The molecule has 5 amide bonds. The first kappa shape index (κ1) is 33.5. The van der Waals surface area contributed by atoms with Crippen LogP contribution in [0, 0.1) is 34.5 Å². The first-order valence-corrected chi connectivity index (χ1v) is 16.0. The molecule has 1 aromatic carbocycles. The number of primary amides is 1. The van der Waals surface area contributed by atoms with Gasteiger partial charge in [-0.2, -0.15) is 0 Å². The van der Waals surface area contributed by atoms with Gasteiger partial charge in [-0.05, 0) is 46.5 Å². The van der Waals surface area contributed by atoms with Crippen molar-refractivity contribution in [2.75, 3.05) is 6.54 Å². The molecule has 2 saturated carbocycles. The number of rotatable bonds is 12. The fourth-order valence-corrected chi connectivity index (χ4v) is 7.13. The maximum atomic E-state index is 14.3. The van der Waals surface area contributed by atoms with Crippen molar-refractivity contribution in [1.29, 1.82) is 0 Å². The van der Waals surface area contributed by atoms with Crippen molar-refractivity contribution in [2.24, 2.45) is 40.2 Å². The van der Waals surface area contributed by atoms with Crippen LogP contribution < -0.4 is 21.7 Å². The molecule has 3 unspecified atom stereocenters. The highest BCUT2D eigenvalue weighted by Crippen LogP contribution is 2.65. The van der Waals surface area contributed by atoms with Crippen LogP contribution in [-0.2, 0) is 19.2 Å². The molecule has 2 aliphatic carbocycles. The Kier molecular flexibility index (Phi) is 9.52. The van der Waals surface area contributed by atoms with Crippen molar-refractivity contribution >= 4 is 29.5 Å². The lowest BCUT2D eigenvalue weighted by Gasteiger charge is -2.38. The van der Waals surface area contributed by atoms with Crippen LogP contribution in [0.3, 0.4) is 0 Å². The fraction of sp³-hybridized carbons (Fsp3) is 0.676. The van der Waals surface area contributed by atoms with Gasteiger partial charge in [-0.1, -0.05) is 98.6 Å². The Hall–Kier alpha value is -3.43. The number of likely N-dealkylation sites (tertiary alicyclic amines) is 1. The van der Waals surface area contributed by atoms with Gasteiger partial charge in [0.2, 0.25) is 17.6 Å². The molecule has 1 heterocycles. The van der Waals surface area contributed by atoms with E-state index in [0.29, 0.717) is 13.0 Å². The van der Waals surface area contributed by atoms with Gasteiger partial charge < -0.3 is 26.6 Å². The van der Waals surface area contributed by atoms with Crippen LogP contribution in [0.4, 0.5) is 4.79 Å². The molecule has 0 aromatic heterocycles. The summed E-state index contributed by atoms with van der Waals surface area (Å²) in [6.07, 6.45) is 2.23. The molecule has 1 saturated heterocycles. The molecule has 0 radical (unpaired) electrons. The molecule has 3 aliphatic rings. The number of nitrogens with two attached hydrogens (primary N) is 1. The average molecular weight is 610 g/mol. The molecule has 0 spiro atoms. The number of Topliss-reactive ketones (excluding diaryl/α,β-unsaturated/α-hetero) is 1. The standard InChI is InChI=1S/C34H51N5O5/c1-18(2)25(19(3)21-12-10-9-11-13-21)37-32(44)38-28(33(4,5)6)31(43)39-17-22-24(34(22,7)8)26(39)30(42)36-23(16-20-14-15-20)27(40)29(35)41/h9-13,18-20,22-26,28H,14-17H2,1-8H3,(H2,35,41)(H,36,42)(H2,37,38,44)/t19?,22?,23?,24-,25-,26-,28+/m0/s1. The summed E-state index contributed by atoms with van der Waals surface area (Å²) in [5, 5.41) is 8.87. The number of benzene rings is 1. The van der Waals surface area contributed by atoms with Crippen molar-refractivity contribution in [3.63, 3.8) is 0 Å². The fourth-order valence-electron chi connectivity index (χ4n) is 7.13. The molecule has 0 bridgehead atoms. The van der Waals surface area contributed by atoms with Crippen LogP contribution in [0.2, 0.25) is 0 Å². The Morgan fingerprint density at radius 2 is 1.59 bits per heavy atom. The number of nitrogens with one attached hydrogen (secondary N) is 3. The molecular weight excluding hydrogens is 558 g/mol. The van der Waals surface area contributed by atoms with Crippen LogP contribution in [0.5, 0.6) is 0 Å². The van der Waals surface area contributed by atoms with E-state index in [0.717, 1.165) is 18.4 Å². The minimum absolute atomic E-state index is 0.0402. The molecule has 242 valence electrons. The number of amides is 5. The van der Waals surface area contributed by atoms with Gasteiger partial charge >= 0.3 is 6.03 Å². The molecule has 3 fully saturated rings. The lowest BCUT2D eigenvalue weighted by molar-refractivity contribution is -0.145. The summed E-state index contributed by atoms with van der Waals surface area (Å²) in [6, 6.07) is 6.63. The van der Waals surface area contributed by atoms with Crippen molar-refractivity contribution < 1.29 is 24.0 Å². The Balaban J connectivity index is 1.52. The summed E-state index contributed by atoms with van der Waals surface area (Å²) in [4.78, 5) is 67.5. The Morgan fingerprint density at radius 3 is 2.11 bits per heavy atom. The molecule has 7 atom stereocenters. The molecule has 10 nitrogen and oxygen atoms in total. The zero-order chi connectivity index (χ0) is 32.7. The largest absolute Gasteiger partial charge is 0.363 e. The number of piperidine rings is 1. The summed E-state index contributed by atoms with van der Waals surface area (Å²) in [7, 11) is 0. The van der Waals surface area contributed by atoms with Gasteiger partial charge in [-0.15, -0.1) is 0 Å². The van der Waals surface area contributed by atoms with Crippen molar-refractivity contribution in [3.05, 3.63) is 35.9 Å². The van der Waals surface area contributed by atoms with Gasteiger partial charge in [-0.3, -0.25) is 19.2 Å². The summed E-state index contributed by atoms with van der Waals surface area (Å²) in [5.41, 5.74) is 5.60. The molecule has 44 heavy (non-hydrogen) atoms. The van der Waals surface area contributed by atoms with E-state index < -0.39 is 47.2 Å². The molecule has 10 heteroatoms. The SMILES string of the molecule is CC(C)[C@H](NC(=O)N[C@H](C(=O)N1CC2[C@@H]([C@H]1C(=O)NC(CC1CC1)C(=O)C(N)=O)C2(C)C)C(C)(C)C)C(C)c1ccccc1. The molecule has 5 N–H and O–H groups in total. The Bertz CT molecular complexity index is 1270. The number of carbonyl (C=O) groups is 5. The lowest BCUT2D eigenvalue weighted by atomic mass is 9.85. The highest BCUT2D eigenvalue weighted by atomic mass is 16.2. The number of carbonyl (C=O) groups excluding carboxylic acids is 5. The van der Waals surface area contributed by atoms with Crippen LogP contribution in [-0.4, -0.2) is 65.1 Å². The highest BCUT2D eigenvalue weighted by molar-refractivity contribution is 6.37. The maximum Gasteiger partial charge on any atom is 0.315 e. The Labute approximate surface area is 261 Å². The topological polar surface area (TPSA) is 151 Å². The first-order valence-electron chi connectivity index (χ1n) is 16.0. The third-order valence-electron chi connectivity index (χ3n) is 10.2. The number of nitrogens with zero attached hydrogens (tertiary/aromatic N) is 1. The smallest absolute Gasteiger partial charge is 0.315 e. The third-order valence-corrected chi connectivity index (χ3v) is 10.2. The molecule has 1 aromatic rings. The summed E-state index contributed by atoms with van der Waals surface area (Å²) >= 11 is 0. The summed E-state index contributed by atoms with van der Waals surface area (Å²) in [5.74, 6) is -2.23. The minimum Gasteiger partial charge on any atom is -0.363 e. The zero-order valence-corrected chi connectivity index (χ0v) is 27.5. The first-order chi connectivity index (χ1) is 20.4. The number of ketones is 1. The van der Waals surface area contributed by atoms with E-state index in [9.17, 15) is 24.0 Å². The number of urea groups is 1. The van der Waals surface area contributed by atoms with Gasteiger partial charge in [0.05, 0.1) is 6.04 Å². The van der Waals surface area contributed by atoms with Crippen LogP contribution >= 0.6 is 0 Å². The predicted octanol–water partition coefficient (Wildman–Crippen LogP) is 3.35. The van der Waals surface area contributed by atoms with Gasteiger partial charge in [0, 0.05) is 18.5 Å². The maximum absolute atomic E-state index is 14.3. The van der Waals surface area contributed by atoms with Crippen LogP contribution in [0.15, 0.2) is 30.3 Å². The van der Waals surface area contributed by atoms with E-state index in [4.69, 9.17) is 5.73 Å². The van der Waals surface area contributed by atoms with Gasteiger partial charge in [0.25, 0.3) is 5.91 Å². The van der Waals surface area contributed by atoms with Gasteiger partial charge in [-0.25, -0.2) is 4.79 Å². The highest BCUT2D eigenvalue weighted by Gasteiger charge is 2.70. The summed E-state index contributed by atoms with van der Waals surface area (Å²) < 4.78 is 0. The van der Waals surface area contributed by atoms with Crippen LogP contribution in [0.1, 0.15) is 86.1 Å². The third kappa shape index (κ3) is 7.10. The van der Waals surface area contributed by atoms with Gasteiger partial charge in [0.15, 0.2) is 0 Å². The van der Waals surface area contributed by atoms with E-state index in [-0.39, 0.29) is 47.0 Å². The van der Waals surface area contributed by atoms with Crippen molar-refractivity contribution in [3.8, 4) is 0 Å². The van der Waals surface area contributed by atoms with E-state index in [2.05, 4.69) is 50.6 Å². The summed E-state index contributed by atoms with van der Waals surface area (Å²) in [6.45, 7) is 16.4. The molecule has 1 aliphatic heterocycles. The average Bonchev–Trinajstić information content (AvgIpc) is 3.80. The second kappa shape index (κ2) is 12.5. The van der Waals surface area contributed by atoms with E-state index in [1.807, 2.05) is 51.1 Å². The number of hydrogen-bond donors (Lipinski definition) is 4. The van der Waals surface area contributed by atoms with Crippen molar-refractivity contribution in [2.45, 2.75) is 105 Å². The molecular formula is C34H51N5O5. The van der Waals surface area contributed by atoms with Gasteiger partial charge in [0.1, 0.15) is 12.1 Å². The normalized spacial score (nSPS) is 24.8. The van der Waals surface area contributed by atoms with Crippen LogP contribution in [0.25, 0.3) is 0 Å². The second-order valence-corrected chi connectivity index (χ2v) is 15.2. The van der Waals surface area contributed by atoms with E-state index in [1.165, 1.54) is 0 Å². The van der Waals surface area contributed by atoms with Crippen molar-refractivity contribution in [1.82, 2.24) is 20.9 Å². The number of fused-ring (bicyclic) bond motifs is 1. The monoisotopic (exact) mass is 609 g/mol. The van der Waals surface area contributed by atoms with E-state index >= 15 is 0 Å². The van der Waals surface area contributed by atoms with E-state index in [1.54, 1.807) is 4.90 Å². The zero-order valence-electron chi connectivity index (χ0n) is 27.5. The lowest BCUT2D eigenvalue weighted by Crippen LogP contribution is -2.62. The second-order valence-electron chi connectivity index (χ2n) is 15.2.